The predicted octanol–water partition coefficient (Wildman–Crippen LogP) is 1.99. The molecule has 0 aromatic heterocycles. The largest absolute Gasteiger partial charge is 0.316 e. The van der Waals surface area contributed by atoms with Gasteiger partial charge in [0.05, 0.1) is 4.92 Å². The van der Waals surface area contributed by atoms with Crippen molar-refractivity contribution in [3.63, 3.8) is 0 Å². The van der Waals surface area contributed by atoms with Crippen LogP contribution in [0.25, 0.3) is 0 Å². The molecule has 1 fully saturated rings. The molecule has 7 nitrogen and oxygen atoms in total. The molecule has 1 heterocycles. The van der Waals surface area contributed by atoms with E-state index in [0.29, 0.717) is 5.56 Å². The fourth-order valence-corrected chi connectivity index (χ4v) is 4.55. The smallest absolute Gasteiger partial charge is 0.289 e. The molecule has 1 aliphatic rings. The van der Waals surface area contributed by atoms with Gasteiger partial charge in [0, 0.05) is 12.1 Å². The van der Waals surface area contributed by atoms with Gasteiger partial charge in [0.2, 0.25) is 10.0 Å². The van der Waals surface area contributed by atoms with E-state index in [2.05, 4.69) is 10.0 Å². The van der Waals surface area contributed by atoms with Crippen LogP contribution in [0, 0.1) is 23.0 Å². The number of piperidine rings is 1. The predicted molar refractivity (Wildman–Crippen MR) is 90.5 cm³/mol. The normalized spacial score (nSPS) is 19.7. The van der Waals surface area contributed by atoms with Crippen LogP contribution in [-0.2, 0) is 10.0 Å². The van der Waals surface area contributed by atoms with Crippen molar-refractivity contribution in [1.82, 2.24) is 10.0 Å². The minimum Gasteiger partial charge on any atom is -0.316 e. The minimum absolute atomic E-state index is 0. The molecule has 2 rings (SSSR count). The fraction of sp³-hybridized carbons (Fsp3) is 0.571. The first-order valence-corrected chi connectivity index (χ1v) is 8.78. The molecule has 1 aromatic carbocycles. The topological polar surface area (TPSA) is 101 Å². The van der Waals surface area contributed by atoms with Crippen molar-refractivity contribution in [1.29, 1.82) is 0 Å². The Labute approximate surface area is 142 Å². The third-order valence-electron chi connectivity index (χ3n) is 4.04. The van der Waals surface area contributed by atoms with Crippen molar-refractivity contribution < 1.29 is 13.3 Å². The summed E-state index contributed by atoms with van der Waals surface area (Å²) in [4.78, 5) is 10.2. The first kappa shape index (κ1) is 19.8. The number of hydrogen-bond donors (Lipinski definition) is 2. The Bertz CT molecular complexity index is 660. The average molecular weight is 364 g/mol. The third kappa shape index (κ3) is 4.63. The number of halogens is 1. The number of nitrogens with zero attached hydrogens (tertiary/aromatic N) is 1. The van der Waals surface area contributed by atoms with Gasteiger partial charge in [-0.15, -0.1) is 12.4 Å². The fourth-order valence-electron chi connectivity index (χ4n) is 2.84. The standard InChI is InChI=1S/C14H21N3O4S.ClH/c1-10-5-3-7-13(17(18)19)14(10)22(20,21)16-11(2)12-6-4-8-15-9-12;/h3,5,7,11-12,15-16H,4,6,8-9H2,1-2H3;1H. The molecule has 9 heteroatoms. The number of sulfonamides is 1. The lowest BCUT2D eigenvalue weighted by molar-refractivity contribution is -0.387. The highest BCUT2D eigenvalue weighted by atomic mass is 35.5. The van der Waals surface area contributed by atoms with Gasteiger partial charge in [0.25, 0.3) is 5.69 Å². The van der Waals surface area contributed by atoms with Gasteiger partial charge in [-0.2, -0.15) is 0 Å². The second-order valence-electron chi connectivity index (χ2n) is 5.70. The van der Waals surface area contributed by atoms with Crippen molar-refractivity contribution in [3.8, 4) is 0 Å². The van der Waals surface area contributed by atoms with Crippen molar-refractivity contribution in [3.05, 3.63) is 33.9 Å². The van der Waals surface area contributed by atoms with E-state index in [9.17, 15) is 18.5 Å². The third-order valence-corrected chi connectivity index (χ3v) is 5.79. The summed E-state index contributed by atoms with van der Waals surface area (Å²) < 4.78 is 27.8. The van der Waals surface area contributed by atoms with Gasteiger partial charge in [-0.1, -0.05) is 12.1 Å². The van der Waals surface area contributed by atoms with E-state index in [1.807, 2.05) is 0 Å². The Morgan fingerprint density at radius 1 is 1.43 bits per heavy atom. The molecule has 0 aliphatic carbocycles. The minimum atomic E-state index is -3.93. The van der Waals surface area contributed by atoms with Crippen molar-refractivity contribution in [2.24, 2.45) is 5.92 Å². The van der Waals surface area contributed by atoms with Gasteiger partial charge in [-0.3, -0.25) is 10.1 Å². The summed E-state index contributed by atoms with van der Waals surface area (Å²) in [6, 6.07) is 3.99. The van der Waals surface area contributed by atoms with Gasteiger partial charge in [-0.25, -0.2) is 13.1 Å². The quantitative estimate of drug-likeness (QED) is 0.615. The number of hydrogen-bond acceptors (Lipinski definition) is 5. The summed E-state index contributed by atoms with van der Waals surface area (Å²) in [5.41, 5.74) is -0.0165. The summed E-state index contributed by atoms with van der Waals surface area (Å²) in [6.07, 6.45) is 1.94. The maximum absolute atomic E-state index is 12.6. The summed E-state index contributed by atoms with van der Waals surface area (Å²) in [7, 11) is -3.93. The maximum atomic E-state index is 12.6. The zero-order valence-electron chi connectivity index (χ0n) is 13.1. The number of aryl methyl sites for hydroxylation is 1. The Kier molecular flexibility index (Phi) is 6.94. The van der Waals surface area contributed by atoms with E-state index in [1.165, 1.54) is 12.1 Å². The lowest BCUT2D eigenvalue weighted by atomic mass is 9.94. The van der Waals surface area contributed by atoms with Crippen LogP contribution in [0.4, 0.5) is 5.69 Å². The lowest BCUT2D eigenvalue weighted by Gasteiger charge is -2.28. The molecule has 2 N–H and O–H groups in total. The first-order chi connectivity index (χ1) is 10.3. The Morgan fingerprint density at radius 2 is 2.13 bits per heavy atom. The monoisotopic (exact) mass is 363 g/mol. The molecular formula is C14H22ClN3O4S. The van der Waals surface area contributed by atoms with E-state index < -0.39 is 14.9 Å². The molecule has 1 aliphatic heterocycles. The van der Waals surface area contributed by atoms with Crippen LogP contribution in [0.5, 0.6) is 0 Å². The molecule has 23 heavy (non-hydrogen) atoms. The Hall–Kier alpha value is -1.22. The van der Waals surface area contributed by atoms with Crippen LogP contribution in [0.2, 0.25) is 0 Å². The highest BCUT2D eigenvalue weighted by Crippen LogP contribution is 2.27. The molecular weight excluding hydrogens is 342 g/mol. The van der Waals surface area contributed by atoms with E-state index in [0.717, 1.165) is 25.9 Å². The summed E-state index contributed by atoms with van der Waals surface area (Å²) in [6.45, 7) is 5.06. The Morgan fingerprint density at radius 3 is 2.70 bits per heavy atom. The van der Waals surface area contributed by atoms with E-state index in [4.69, 9.17) is 0 Å². The Balaban J connectivity index is 0.00000264. The molecule has 0 spiro atoms. The first-order valence-electron chi connectivity index (χ1n) is 7.30. The average Bonchev–Trinajstić information content (AvgIpc) is 2.47. The summed E-state index contributed by atoms with van der Waals surface area (Å²) >= 11 is 0. The van der Waals surface area contributed by atoms with Crippen molar-refractivity contribution in [2.75, 3.05) is 13.1 Å². The molecule has 1 aromatic rings. The van der Waals surface area contributed by atoms with Crippen molar-refractivity contribution >= 4 is 28.1 Å². The van der Waals surface area contributed by atoms with E-state index >= 15 is 0 Å². The second kappa shape index (κ2) is 8.05. The summed E-state index contributed by atoms with van der Waals surface area (Å²) in [5, 5.41) is 14.4. The number of benzene rings is 1. The maximum Gasteiger partial charge on any atom is 0.289 e. The highest BCUT2D eigenvalue weighted by molar-refractivity contribution is 7.89. The van der Waals surface area contributed by atoms with Crippen LogP contribution in [-0.4, -0.2) is 32.5 Å². The van der Waals surface area contributed by atoms with Crippen LogP contribution in [0.15, 0.2) is 23.1 Å². The zero-order chi connectivity index (χ0) is 16.3. The highest BCUT2D eigenvalue weighted by Gasteiger charge is 2.31. The second-order valence-corrected chi connectivity index (χ2v) is 7.35. The summed E-state index contributed by atoms with van der Waals surface area (Å²) in [5.74, 6) is 0.187. The van der Waals surface area contributed by atoms with Crippen LogP contribution in [0.1, 0.15) is 25.3 Å². The van der Waals surface area contributed by atoms with Crippen molar-refractivity contribution in [2.45, 2.75) is 37.6 Å². The number of nitrogens with one attached hydrogen (secondary N) is 2. The van der Waals surface area contributed by atoms with Crippen LogP contribution < -0.4 is 10.0 Å². The van der Waals surface area contributed by atoms with Crippen LogP contribution in [0.3, 0.4) is 0 Å². The lowest BCUT2D eigenvalue weighted by Crippen LogP contribution is -2.44. The number of nitro benzene ring substituents is 1. The molecule has 0 saturated carbocycles. The SMILES string of the molecule is Cc1cccc([N+](=O)[O-])c1S(=O)(=O)NC(C)C1CCCNC1.Cl. The molecule has 2 unspecified atom stereocenters. The van der Waals surface area contributed by atoms with Crippen LogP contribution >= 0.6 is 12.4 Å². The molecule has 0 bridgehead atoms. The van der Waals surface area contributed by atoms with Gasteiger partial charge < -0.3 is 5.32 Å². The molecule has 0 radical (unpaired) electrons. The molecule has 2 atom stereocenters. The molecule has 1 saturated heterocycles. The van der Waals surface area contributed by atoms with Gasteiger partial charge in [0.15, 0.2) is 4.90 Å². The zero-order valence-corrected chi connectivity index (χ0v) is 14.7. The number of rotatable bonds is 5. The molecule has 130 valence electrons. The van der Waals surface area contributed by atoms with E-state index in [1.54, 1.807) is 19.9 Å². The van der Waals surface area contributed by atoms with Gasteiger partial charge in [-0.05, 0) is 51.3 Å². The molecule has 0 amide bonds. The number of nitro groups is 1. The van der Waals surface area contributed by atoms with E-state index in [-0.39, 0.29) is 34.9 Å². The van der Waals surface area contributed by atoms with Gasteiger partial charge in [0.1, 0.15) is 0 Å². The van der Waals surface area contributed by atoms with Gasteiger partial charge >= 0.3 is 0 Å².